The van der Waals surface area contributed by atoms with Gasteiger partial charge in [-0.3, -0.25) is 9.59 Å². The first-order valence-electron chi connectivity index (χ1n) is 15.1. The van der Waals surface area contributed by atoms with Gasteiger partial charge < -0.3 is 40.2 Å². The Morgan fingerprint density at radius 3 is 1.69 bits per heavy atom. The number of H-pyrrole nitrogens is 2. The fraction of sp³-hybridized carbons (Fsp3) is 0.548. The molecule has 0 radical (unpaired) electrons. The maximum absolute atomic E-state index is 13.3. The fourth-order valence-electron chi connectivity index (χ4n) is 5.67. The Labute approximate surface area is 262 Å². The van der Waals surface area contributed by atoms with Crippen LogP contribution in [0.1, 0.15) is 88.5 Å². The lowest BCUT2D eigenvalue weighted by molar-refractivity contribution is -0.136. The number of carbonyl (C=O) groups excluding carboxylic acids is 3. The minimum Gasteiger partial charge on any atom is -0.465 e. The highest BCUT2D eigenvalue weighted by atomic mass is 16.5. The van der Waals surface area contributed by atoms with E-state index in [2.05, 4.69) is 54.3 Å². The number of carboxylic acid groups (broad SMARTS) is 1. The second-order valence-electron chi connectivity index (χ2n) is 11.8. The summed E-state index contributed by atoms with van der Waals surface area (Å²) in [6, 6.07) is -2.11. The van der Waals surface area contributed by atoms with Crippen LogP contribution in [-0.2, 0) is 14.3 Å². The molecule has 14 nitrogen and oxygen atoms in total. The molecule has 14 heteroatoms. The first-order chi connectivity index (χ1) is 21.5. The van der Waals surface area contributed by atoms with Crippen molar-refractivity contribution in [3.05, 3.63) is 35.4 Å². The summed E-state index contributed by atoms with van der Waals surface area (Å²) in [7, 11) is 1.26. The number of hydrogen-bond donors (Lipinski definition) is 5. The van der Waals surface area contributed by atoms with Gasteiger partial charge in [0.15, 0.2) is 0 Å². The van der Waals surface area contributed by atoms with Crippen LogP contribution in [0.4, 0.5) is 9.59 Å². The summed E-state index contributed by atoms with van der Waals surface area (Å²) in [4.78, 5) is 68.2. The van der Waals surface area contributed by atoms with Crippen LogP contribution in [-0.4, -0.2) is 91.1 Å². The van der Waals surface area contributed by atoms with Crippen molar-refractivity contribution in [3.8, 4) is 23.7 Å². The predicted octanol–water partition coefficient (Wildman–Crippen LogP) is 2.54. The molecule has 2 aliphatic rings. The highest BCUT2D eigenvalue weighted by Crippen LogP contribution is 2.32. The molecule has 0 spiro atoms. The zero-order chi connectivity index (χ0) is 32.7. The number of hydrogen-bond acceptors (Lipinski definition) is 7. The third-order valence-electron chi connectivity index (χ3n) is 7.95. The smallest absolute Gasteiger partial charge is 0.407 e. The lowest BCUT2D eigenvalue weighted by Crippen LogP contribution is -2.51. The molecule has 45 heavy (non-hydrogen) atoms. The number of carbonyl (C=O) groups is 4. The monoisotopic (exact) mass is 620 g/mol. The molecular formula is C31H40N8O6. The number of aromatic amines is 2. The number of ether oxygens (including phenoxy) is 1. The van der Waals surface area contributed by atoms with Gasteiger partial charge in [-0.2, -0.15) is 0 Å². The third kappa shape index (κ3) is 7.95. The fourth-order valence-corrected chi connectivity index (χ4v) is 5.67. The van der Waals surface area contributed by atoms with Gasteiger partial charge in [-0.25, -0.2) is 19.6 Å². The Bertz CT molecular complexity index is 1520. The van der Waals surface area contributed by atoms with Crippen molar-refractivity contribution in [2.45, 2.75) is 77.5 Å². The predicted molar refractivity (Wildman–Crippen MR) is 162 cm³/mol. The van der Waals surface area contributed by atoms with Crippen molar-refractivity contribution in [1.29, 1.82) is 0 Å². The average Bonchev–Trinajstić information content (AvgIpc) is 3.82. The number of methoxy groups -OCH3 is 1. The molecule has 240 valence electrons. The Morgan fingerprint density at radius 1 is 0.844 bits per heavy atom. The van der Waals surface area contributed by atoms with E-state index < -0.39 is 24.3 Å². The molecule has 4 rings (SSSR count). The van der Waals surface area contributed by atoms with E-state index in [4.69, 9.17) is 4.74 Å². The van der Waals surface area contributed by atoms with E-state index in [1.165, 1.54) is 7.11 Å². The summed E-state index contributed by atoms with van der Waals surface area (Å²) in [6.45, 7) is 8.40. The van der Waals surface area contributed by atoms with E-state index in [1.807, 2.05) is 13.8 Å². The summed E-state index contributed by atoms with van der Waals surface area (Å²) >= 11 is 0. The van der Waals surface area contributed by atoms with Crippen molar-refractivity contribution >= 4 is 24.0 Å². The first-order valence-corrected chi connectivity index (χ1v) is 15.1. The third-order valence-corrected chi connectivity index (χ3v) is 7.95. The van der Waals surface area contributed by atoms with Crippen molar-refractivity contribution in [2.75, 3.05) is 20.2 Å². The number of likely N-dealkylation sites (tertiary alicyclic amines) is 2. The quantitative estimate of drug-likeness (QED) is 0.279. The van der Waals surface area contributed by atoms with Crippen LogP contribution < -0.4 is 10.6 Å². The first kappa shape index (κ1) is 32.9. The van der Waals surface area contributed by atoms with Crippen molar-refractivity contribution in [3.63, 3.8) is 0 Å². The maximum Gasteiger partial charge on any atom is 0.407 e. The number of rotatable bonds is 8. The standard InChI is InChI=1S/C31H40N8O6/c1-18(2)24(36-30(42)43)28(40)38-14-8-12-22(38)26-32-16-20(34-26)10-6-7-11-21-17-33-27(35-21)23-13-9-15-39(23)29(41)25(19(3)4)37-31(44)45-5/h16-19,22-25,36H,8-9,12-15H2,1-5H3,(H,32,34)(H,33,35)(H,37,44)(H,42,43). The molecule has 2 saturated heterocycles. The van der Waals surface area contributed by atoms with Crippen LogP contribution in [0.3, 0.4) is 0 Å². The summed E-state index contributed by atoms with van der Waals surface area (Å²) in [5.74, 6) is 11.9. The van der Waals surface area contributed by atoms with Gasteiger partial charge in [0, 0.05) is 13.1 Å². The molecule has 5 N–H and O–H groups in total. The van der Waals surface area contributed by atoms with E-state index in [9.17, 15) is 24.3 Å². The molecule has 2 aromatic rings. The molecule has 4 unspecified atom stereocenters. The lowest BCUT2D eigenvalue weighted by Gasteiger charge is -2.29. The van der Waals surface area contributed by atoms with Crippen molar-refractivity contribution < 1.29 is 29.0 Å². The SMILES string of the molecule is COC(=O)NC(C(=O)N1CCCC1c1ncc(C#CC#Cc2cnc(C3CCCN3C(=O)C(NC(=O)O)C(C)C)[nH]2)[nH]1)C(C)C. The summed E-state index contributed by atoms with van der Waals surface area (Å²) in [6.07, 6.45) is 4.32. The molecule has 2 aliphatic heterocycles. The molecule has 4 atom stereocenters. The number of nitrogens with one attached hydrogen (secondary N) is 4. The molecule has 4 amide bonds. The van der Waals surface area contributed by atoms with Gasteiger partial charge in [0.25, 0.3) is 0 Å². The minimum atomic E-state index is -1.23. The van der Waals surface area contributed by atoms with E-state index >= 15 is 0 Å². The molecule has 2 fully saturated rings. The molecule has 0 aromatic carbocycles. The second kappa shape index (κ2) is 14.7. The van der Waals surface area contributed by atoms with Gasteiger partial charge in [-0.15, -0.1) is 0 Å². The summed E-state index contributed by atoms with van der Waals surface area (Å²) < 4.78 is 4.69. The van der Waals surface area contributed by atoms with E-state index in [-0.39, 0.29) is 35.7 Å². The van der Waals surface area contributed by atoms with Crippen LogP contribution in [0.2, 0.25) is 0 Å². The van der Waals surface area contributed by atoms with Gasteiger partial charge >= 0.3 is 12.2 Å². The number of alkyl carbamates (subject to hydrolysis) is 1. The molecule has 0 saturated carbocycles. The molecular weight excluding hydrogens is 580 g/mol. The number of imidazole rings is 2. The topological polar surface area (TPSA) is 186 Å². The summed E-state index contributed by atoms with van der Waals surface area (Å²) in [5.41, 5.74) is 1.08. The Morgan fingerprint density at radius 2 is 1.29 bits per heavy atom. The van der Waals surface area contributed by atoms with Crippen LogP contribution in [0, 0.1) is 35.5 Å². The second-order valence-corrected chi connectivity index (χ2v) is 11.8. The normalized spacial score (nSPS) is 18.9. The number of amides is 4. The average molecular weight is 621 g/mol. The van der Waals surface area contributed by atoms with Crippen LogP contribution in [0.5, 0.6) is 0 Å². The zero-order valence-corrected chi connectivity index (χ0v) is 26.1. The van der Waals surface area contributed by atoms with Gasteiger partial charge in [0.1, 0.15) is 35.1 Å². The molecule has 0 bridgehead atoms. The van der Waals surface area contributed by atoms with Crippen molar-refractivity contribution in [1.82, 2.24) is 40.4 Å². The zero-order valence-electron chi connectivity index (χ0n) is 26.1. The van der Waals surface area contributed by atoms with E-state index in [0.29, 0.717) is 42.5 Å². The molecule has 4 heterocycles. The maximum atomic E-state index is 13.3. The Balaban J connectivity index is 1.40. The van der Waals surface area contributed by atoms with Gasteiger partial charge in [-0.05, 0) is 61.2 Å². The summed E-state index contributed by atoms with van der Waals surface area (Å²) in [5, 5.41) is 14.1. The van der Waals surface area contributed by atoms with Gasteiger partial charge in [0.05, 0.1) is 31.6 Å². The van der Waals surface area contributed by atoms with Crippen LogP contribution >= 0.6 is 0 Å². The van der Waals surface area contributed by atoms with E-state index in [1.54, 1.807) is 36.0 Å². The largest absolute Gasteiger partial charge is 0.465 e. The van der Waals surface area contributed by atoms with Gasteiger partial charge in [-0.1, -0.05) is 27.7 Å². The minimum absolute atomic E-state index is 0.127. The molecule has 2 aromatic heterocycles. The highest BCUT2D eigenvalue weighted by Gasteiger charge is 2.38. The highest BCUT2D eigenvalue weighted by molar-refractivity contribution is 5.87. The van der Waals surface area contributed by atoms with Crippen molar-refractivity contribution in [2.24, 2.45) is 11.8 Å². The van der Waals surface area contributed by atoms with Crippen LogP contribution in [0.15, 0.2) is 12.4 Å². The lowest BCUT2D eigenvalue weighted by atomic mass is 10.0. The number of aromatic nitrogens is 4. The Kier molecular flexibility index (Phi) is 10.7. The van der Waals surface area contributed by atoms with E-state index in [0.717, 1.165) is 19.3 Å². The molecule has 0 aliphatic carbocycles. The van der Waals surface area contributed by atoms with Crippen LogP contribution in [0.25, 0.3) is 0 Å². The Hall–Kier alpha value is -4.98. The number of nitrogens with zero attached hydrogens (tertiary/aromatic N) is 4. The van der Waals surface area contributed by atoms with Gasteiger partial charge in [0.2, 0.25) is 11.8 Å².